The molecule has 0 aromatic heterocycles. The molecule has 1 saturated heterocycles. The number of aliphatic imine (C=N–C) groups is 1. The van der Waals surface area contributed by atoms with Crippen LogP contribution in [0.3, 0.4) is 0 Å². The first-order valence-corrected chi connectivity index (χ1v) is 11.3. The Bertz CT molecular complexity index is 817. The summed E-state index contributed by atoms with van der Waals surface area (Å²) in [6.45, 7) is 4.19. The van der Waals surface area contributed by atoms with Crippen LogP contribution in [0.15, 0.2) is 59.6 Å². The number of anilines is 1. The van der Waals surface area contributed by atoms with Crippen molar-refractivity contribution >= 4 is 39.5 Å². The fraction of sp³-hybridized carbons (Fsp3) is 0.333. The van der Waals surface area contributed by atoms with Crippen LogP contribution in [0.25, 0.3) is 0 Å². The molecule has 0 bridgehead atoms. The number of piperazine rings is 1. The summed E-state index contributed by atoms with van der Waals surface area (Å²) in [5.74, 6) is 2.03. The van der Waals surface area contributed by atoms with Crippen LogP contribution in [0.2, 0.25) is 0 Å². The summed E-state index contributed by atoms with van der Waals surface area (Å²) < 4.78 is 1.15. The summed E-state index contributed by atoms with van der Waals surface area (Å²) in [4.78, 5) is 22.0. The van der Waals surface area contributed by atoms with E-state index in [1.165, 1.54) is 5.69 Å². The highest BCUT2D eigenvalue weighted by molar-refractivity contribution is 8.38. The van der Waals surface area contributed by atoms with Crippen molar-refractivity contribution in [2.75, 3.05) is 43.4 Å². The van der Waals surface area contributed by atoms with Crippen LogP contribution in [0, 0.1) is 0 Å². The minimum absolute atomic E-state index is 0.153. The van der Waals surface area contributed by atoms with E-state index in [2.05, 4.69) is 40.2 Å². The zero-order valence-corrected chi connectivity index (χ0v) is 16.8. The number of hydrogen-bond donors (Lipinski definition) is 0. The van der Waals surface area contributed by atoms with Gasteiger partial charge < -0.3 is 9.80 Å². The number of para-hydroxylation sites is 1. The van der Waals surface area contributed by atoms with Gasteiger partial charge in [0.15, 0.2) is 0 Å². The lowest BCUT2D eigenvalue weighted by molar-refractivity contribution is 0.0746. The van der Waals surface area contributed by atoms with Crippen molar-refractivity contribution in [3.8, 4) is 0 Å². The Morgan fingerprint density at radius 1 is 1.00 bits per heavy atom. The van der Waals surface area contributed by atoms with Gasteiger partial charge in [-0.3, -0.25) is 9.79 Å². The van der Waals surface area contributed by atoms with Crippen LogP contribution < -0.4 is 4.90 Å². The van der Waals surface area contributed by atoms with Crippen LogP contribution >= 0.6 is 23.5 Å². The summed E-state index contributed by atoms with van der Waals surface area (Å²) in [6, 6.07) is 18.4. The second-order valence-corrected chi connectivity index (χ2v) is 8.86. The van der Waals surface area contributed by atoms with Crippen molar-refractivity contribution in [3.05, 3.63) is 65.7 Å². The van der Waals surface area contributed by atoms with Crippen LogP contribution in [0.4, 0.5) is 5.69 Å². The largest absolute Gasteiger partial charge is 0.368 e. The molecule has 4 rings (SSSR count). The van der Waals surface area contributed by atoms with Crippen molar-refractivity contribution < 1.29 is 4.79 Å². The van der Waals surface area contributed by atoms with E-state index >= 15 is 0 Å². The molecule has 0 aliphatic carbocycles. The number of rotatable bonds is 4. The number of benzene rings is 2. The van der Waals surface area contributed by atoms with Gasteiger partial charge in [0, 0.05) is 48.9 Å². The van der Waals surface area contributed by atoms with Crippen LogP contribution in [0.5, 0.6) is 0 Å². The van der Waals surface area contributed by atoms with Gasteiger partial charge in [-0.1, -0.05) is 59.9 Å². The zero-order valence-electron chi connectivity index (χ0n) is 15.2. The predicted molar refractivity (Wildman–Crippen MR) is 117 cm³/mol. The van der Waals surface area contributed by atoms with Crippen molar-refractivity contribution in [1.29, 1.82) is 0 Å². The normalized spacial score (nSPS) is 17.1. The van der Waals surface area contributed by atoms with Gasteiger partial charge in [0.1, 0.15) is 4.38 Å². The van der Waals surface area contributed by atoms with Crippen molar-refractivity contribution in [1.82, 2.24) is 4.90 Å². The lowest BCUT2D eigenvalue weighted by atomic mass is 10.1. The van der Waals surface area contributed by atoms with E-state index in [0.717, 1.165) is 59.7 Å². The first-order valence-electron chi connectivity index (χ1n) is 9.28. The van der Waals surface area contributed by atoms with Gasteiger partial charge in [-0.15, -0.1) is 0 Å². The minimum atomic E-state index is 0.153. The van der Waals surface area contributed by atoms with E-state index in [-0.39, 0.29) is 5.91 Å². The monoisotopic (exact) mass is 397 g/mol. The Balaban J connectivity index is 1.40. The van der Waals surface area contributed by atoms with E-state index < -0.39 is 0 Å². The van der Waals surface area contributed by atoms with E-state index in [1.54, 1.807) is 11.8 Å². The van der Waals surface area contributed by atoms with Crippen molar-refractivity contribution in [2.45, 2.75) is 5.75 Å². The number of amides is 1. The van der Waals surface area contributed by atoms with E-state index in [0.29, 0.717) is 0 Å². The first kappa shape index (κ1) is 18.4. The van der Waals surface area contributed by atoms with Crippen LogP contribution in [-0.4, -0.2) is 53.7 Å². The summed E-state index contributed by atoms with van der Waals surface area (Å²) in [5.41, 5.74) is 3.17. The molecule has 0 spiro atoms. The van der Waals surface area contributed by atoms with Crippen molar-refractivity contribution in [3.63, 3.8) is 0 Å². The third-order valence-electron chi connectivity index (χ3n) is 4.84. The van der Waals surface area contributed by atoms with Gasteiger partial charge in [0.2, 0.25) is 0 Å². The summed E-state index contributed by atoms with van der Waals surface area (Å²) in [5, 5.41) is 0. The van der Waals surface area contributed by atoms with Gasteiger partial charge in [-0.25, -0.2) is 0 Å². The quantitative estimate of drug-likeness (QED) is 0.782. The van der Waals surface area contributed by atoms with Crippen LogP contribution in [-0.2, 0) is 5.75 Å². The van der Waals surface area contributed by atoms with Crippen LogP contribution in [0.1, 0.15) is 15.9 Å². The maximum Gasteiger partial charge on any atom is 0.254 e. The van der Waals surface area contributed by atoms with Gasteiger partial charge in [-0.2, -0.15) is 0 Å². The molecule has 2 aliphatic heterocycles. The lowest BCUT2D eigenvalue weighted by Gasteiger charge is -2.36. The molecule has 0 unspecified atom stereocenters. The highest BCUT2D eigenvalue weighted by Crippen LogP contribution is 2.27. The Morgan fingerprint density at radius 3 is 2.48 bits per heavy atom. The lowest BCUT2D eigenvalue weighted by Crippen LogP contribution is -2.49. The van der Waals surface area contributed by atoms with Gasteiger partial charge in [-0.05, 0) is 23.8 Å². The molecule has 1 fully saturated rings. The third-order valence-corrected chi connectivity index (χ3v) is 7.15. The van der Waals surface area contributed by atoms with E-state index in [4.69, 9.17) is 0 Å². The third kappa shape index (κ3) is 4.50. The molecule has 2 aliphatic rings. The molecular formula is C21H23N3OS2. The Kier molecular flexibility index (Phi) is 6.04. The Hall–Kier alpha value is -1.92. The molecule has 2 heterocycles. The molecule has 0 saturated carbocycles. The van der Waals surface area contributed by atoms with Gasteiger partial charge in [0.25, 0.3) is 5.91 Å². The maximum atomic E-state index is 13.1. The maximum absolute atomic E-state index is 13.1. The summed E-state index contributed by atoms with van der Waals surface area (Å²) in [7, 11) is 0. The van der Waals surface area contributed by atoms with Gasteiger partial charge >= 0.3 is 0 Å². The molecule has 2 aromatic carbocycles. The molecule has 0 N–H and O–H groups in total. The topological polar surface area (TPSA) is 35.9 Å². The second kappa shape index (κ2) is 8.85. The first-order chi connectivity index (χ1) is 13.3. The molecule has 6 heteroatoms. The SMILES string of the molecule is O=C(c1ccccc1CSC1=NCCS1)N1CCN(c2ccccc2)CC1. The molecule has 4 nitrogen and oxygen atoms in total. The summed E-state index contributed by atoms with van der Waals surface area (Å²) >= 11 is 3.56. The average molecular weight is 398 g/mol. The molecule has 0 atom stereocenters. The number of nitrogens with zero attached hydrogens (tertiary/aromatic N) is 3. The average Bonchev–Trinajstić information content (AvgIpc) is 3.26. The Labute approximate surface area is 169 Å². The number of hydrogen-bond acceptors (Lipinski definition) is 5. The molecule has 140 valence electrons. The van der Waals surface area contributed by atoms with Gasteiger partial charge in [0.05, 0.1) is 6.54 Å². The fourth-order valence-corrected chi connectivity index (χ4v) is 5.39. The minimum Gasteiger partial charge on any atom is -0.368 e. The fourth-order valence-electron chi connectivity index (χ4n) is 3.37. The molecular weight excluding hydrogens is 374 g/mol. The van der Waals surface area contributed by atoms with E-state index in [1.807, 2.05) is 40.9 Å². The number of carbonyl (C=O) groups excluding carboxylic acids is 1. The predicted octanol–water partition coefficient (Wildman–Crippen LogP) is 3.99. The smallest absolute Gasteiger partial charge is 0.254 e. The standard InChI is InChI=1S/C21H23N3OS2/c25-20(24-13-11-23(12-14-24)18-7-2-1-3-8-18)19-9-5-4-6-17(19)16-27-21-22-10-15-26-21/h1-9H,10-16H2. The highest BCUT2D eigenvalue weighted by atomic mass is 32.2. The highest BCUT2D eigenvalue weighted by Gasteiger charge is 2.24. The summed E-state index contributed by atoms with van der Waals surface area (Å²) in [6.07, 6.45) is 0. The molecule has 2 aromatic rings. The molecule has 1 amide bonds. The number of thioether (sulfide) groups is 2. The zero-order chi connectivity index (χ0) is 18.5. The second-order valence-electron chi connectivity index (χ2n) is 6.56. The van der Waals surface area contributed by atoms with E-state index in [9.17, 15) is 4.79 Å². The Morgan fingerprint density at radius 2 is 1.74 bits per heavy atom. The molecule has 0 radical (unpaired) electrons. The number of carbonyl (C=O) groups is 1. The molecule has 27 heavy (non-hydrogen) atoms. The van der Waals surface area contributed by atoms with Crippen molar-refractivity contribution in [2.24, 2.45) is 4.99 Å².